The summed E-state index contributed by atoms with van der Waals surface area (Å²) in [6.45, 7) is 5.49. The Balaban J connectivity index is 1.70. The molecule has 3 heteroatoms. The first-order valence-corrected chi connectivity index (χ1v) is 6.60. The van der Waals surface area contributed by atoms with E-state index in [1.54, 1.807) is 0 Å². The maximum atomic E-state index is 4.61. The zero-order valence-corrected chi connectivity index (χ0v) is 9.99. The SMILES string of the molecule is CC1(C)CSC(=NCCC2CCC2)N1. The molecule has 80 valence electrons. The molecule has 2 fully saturated rings. The minimum absolute atomic E-state index is 0.250. The molecule has 0 amide bonds. The van der Waals surface area contributed by atoms with Crippen molar-refractivity contribution in [2.75, 3.05) is 12.3 Å². The first kappa shape index (κ1) is 10.3. The third kappa shape index (κ3) is 2.66. The van der Waals surface area contributed by atoms with E-state index in [0.717, 1.165) is 23.4 Å². The van der Waals surface area contributed by atoms with E-state index in [2.05, 4.69) is 24.2 Å². The zero-order valence-electron chi connectivity index (χ0n) is 9.18. The van der Waals surface area contributed by atoms with Gasteiger partial charge in [-0.25, -0.2) is 0 Å². The Morgan fingerprint density at radius 1 is 1.50 bits per heavy atom. The number of thioether (sulfide) groups is 1. The molecule has 0 aromatic heterocycles. The number of rotatable bonds is 3. The minimum Gasteiger partial charge on any atom is -0.359 e. The molecule has 1 saturated heterocycles. The predicted molar refractivity (Wildman–Crippen MR) is 63.9 cm³/mol. The molecule has 2 nitrogen and oxygen atoms in total. The number of nitrogens with zero attached hydrogens (tertiary/aromatic N) is 1. The summed E-state index contributed by atoms with van der Waals surface area (Å²) < 4.78 is 0. The van der Waals surface area contributed by atoms with Crippen LogP contribution in [0.25, 0.3) is 0 Å². The van der Waals surface area contributed by atoms with Crippen LogP contribution in [0, 0.1) is 5.92 Å². The maximum Gasteiger partial charge on any atom is 0.157 e. The van der Waals surface area contributed by atoms with E-state index in [0.29, 0.717) is 0 Å². The van der Waals surface area contributed by atoms with Crippen LogP contribution in [-0.2, 0) is 0 Å². The van der Waals surface area contributed by atoms with Crippen molar-refractivity contribution in [2.24, 2.45) is 10.9 Å². The molecule has 1 saturated carbocycles. The maximum absolute atomic E-state index is 4.61. The van der Waals surface area contributed by atoms with Gasteiger partial charge in [-0.05, 0) is 26.2 Å². The Bertz CT molecular complexity index is 231. The van der Waals surface area contributed by atoms with Crippen molar-refractivity contribution < 1.29 is 0 Å². The Kier molecular flexibility index (Phi) is 3.05. The topological polar surface area (TPSA) is 24.4 Å². The quantitative estimate of drug-likeness (QED) is 0.778. The summed E-state index contributed by atoms with van der Waals surface area (Å²) in [7, 11) is 0. The third-order valence-electron chi connectivity index (χ3n) is 3.03. The molecule has 1 aliphatic carbocycles. The van der Waals surface area contributed by atoms with Gasteiger partial charge in [-0.15, -0.1) is 0 Å². The van der Waals surface area contributed by atoms with Crippen molar-refractivity contribution in [2.45, 2.75) is 45.1 Å². The Morgan fingerprint density at radius 3 is 2.79 bits per heavy atom. The largest absolute Gasteiger partial charge is 0.359 e. The summed E-state index contributed by atoms with van der Waals surface area (Å²) in [6.07, 6.45) is 5.63. The highest BCUT2D eigenvalue weighted by atomic mass is 32.2. The lowest BCUT2D eigenvalue weighted by Crippen LogP contribution is -2.36. The monoisotopic (exact) mass is 212 g/mol. The fourth-order valence-corrected chi connectivity index (χ4v) is 2.93. The number of nitrogens with one attached hydrogen (secondary N) is 1. The lowest BCUT2D eigenvalue weighted by atomic mass is 9.83. The van der Waals surface area contributed by atoms with Crippen molar-refractivity contribution in [3.8, 4) is 0 Å². The van der Waals surface area contributed by atoms with Crippen LogP contribution in [0.3, 0.4) is 0 Å². The molecule has 0 radical (unpaired) electrons. The molecule has 14 heavy (non-hydrogen) atoms. The molecule has 0 spiro atoms. The average Bonchev–Trinajstić information content (AvgIpc) is 2.36. The molecule has 0 aromatic rings. The molecule has 0 bridgehead atoms. The van der Waals surface area contributed by atoms with E-state index in [4.69, 9.17) is 0 Å². The van der Waals surface area contributed by atoms with Crippen LogP contribution >= 0.6 is 11.8 Å². The van der Waals surface area contributed by atoms with Gasteiger partial charge in [0.15, 0.2) is 5.17 Å². The summed E-state index contributed by atoms with van der Waals surface area (Å²) in [6, 6.07) is 0. The van der Waals surface area contributed by atoms with Gasteiger partial charge >= 0.3 is 0 Å². The third-order valence-corrected chi connectivity index (χ3v) is 4.40. The van der Waals surface area contributed by atoms with Crippen LogP contribution < -0.4 is 5.32 Å². The van der Waals surface area contributed by atoms with Crippen molar-refractivity contribution in [3.05, 3.63) is 0 Å². The van der Waals surface area contributed by atoms with Gasteiger partial charge in [0, 0.05) is 17.8 Å². The molecule has 0 unspecified atom stereocenters. The molecular formula is C11H20N2S. The zero-order chi connectivity index (χ0) is 10.0. The molecule has 2 aliphatic rings. The first-order valence-electron chi connectivity index (χ1n) is 5.61. The van der Waals surface area contributed by atoms with E-state index in [-0.39, 0.29) is 5.54 Å². The van der Waals surface area contributed by atoms with Crippen LogP contribution in [0.2, 0.25) is 0 Å². The van der Waals surface area contributed by atoms with E-state index in [1.165, 1.54) is 25.7 Å². The Hall–Kier alpha value is -0.180. The summed E-state index contributed by atoms with van der Waals surface area (Å²) in [4.78, 5) is 4.61. The summed E-state index contributed by atoms with van der Waals surface area (Å²) in [5.41, 5.74) is 0.250. The van der Waals surface area contributed by atoms with Crippen molar-refractivity contribution in [1.29, 1.82) is 0 Å². The molecule has 0 atom stereocenters. The molecule has 1 N–H and O–H groups in total. The van der Waals surface area contributed by atoms with E-state index >= 15 is 0 Å². The normalized spacial score (nSPS) is 28.9. The first-order chi connectivity index (χ1) is 6.66. The van der Waals surface area contributed by atoms with E-state index in [1.807, 2.05) is 11.8 Å². The minimum atomic E-state index is 0.250. The van der Waals surface area contributed by atoms with Gasteiger partial charge in [0.05, 0.1) is 0 Å². The standard InChI is InChI=1S/C11H20N2S/c1-11(2)8-14-10(13-11)12-7-6-9-4-3-5-9/h9H,3-8H2,1-2H3,(H,12,13). The Morgan fingerprint density at radius 2 is 2.29 bits per heavy atom. The molecule has 1 heterocycles. The van der Waals surface area contributed by atoms with Crippen LogP contribution in [0.4, 0.5) is 0 Å². The number of hydrogen-bond donors (Lipinski definition) is 1. The Labute approximate surface area is 90.9 Å². The van der Waals surface area contributed by atoms with Gasteiger partial charge in [0.25, 0.3) is 0 Å². The highest BCUT2D eigenvalue weighted by Gasteiger charge is 2.27. The van der Waals surface area contributed by atoms with E-state index < -0.39 is 0 Å². The van der Waals surface area contributed by atoms with Gasteiger partial charge < -0.3 is 5.32 Å². The van der Waals surface area contributed by atoms with Gasteiger partial charge in [-0.1, -0.05) is 31.0 Å². The molecule has 0 aromatic carbocycles. The van der Waals surface area contributed by atoms with Gasteiger partial charge in [-0.2, -0.15) is 0 Å². The highest BCUT2D eigenvalue weighted by molar-refractivity contribution is 8.14. The second-order valence-corrected chi connectivity index (χ2v) is 6.03. The highest BCUT2D eigenvalue weighted by Crippen LogP contribution is 2.29. The number of aliphatic imine (C=N–C) groups is 1. The summed E-state index contributed by atoms with van der Waals surface area (Å²) >= 11 is 1.87. The van der Waals surface area contributed by atoms with E-state index in [9.17, 15) is 0 Å². The van der Waals surface area contributed by atoms with Crippen LogP contribution in [0.1, 0.15) is 39.5 Å². The van der Waals surface area contributed by atoms with Crippen molar-refractivity contribution in [3.63, 3.8) is 0 Å². The lowest BCUT2D eigenvalue weighted by molar-refractivity contribution is 0.300. The molecule has 2 rings (SSSR count). The van der Waals surface area contributed by atoms with Crippen LogP contribution in [0.15, 0.2) is 4.99 Å². The second kappa shape index (κ2) is 4.13. The number of amidine groups is 1. The lowest BCUT2D eigenvalue weighted by Gasteiger charge is -2.24. The molecular weight excluding hydrogens is 192 g/mol. The summed E-state index contributed by atoms with van der Waals surface area (Å²) in [5, 5.41) is 4.61. The van der Waals surface area contributed by atoms with Crippen LogP contribution in [0.5, 0.6) is 0 Å². The molecule has 1 aliphatic heterocycles. The van der Waals surface area contributed by atoms with Gasteiger partial charge in [0.1, 0.15) is 0 Å². The predicted octanol–water partition coefficient (Wildman–Crippen LogP) is 2.65. The fraction of sp³-hybridized carbons (Fsp3) is 0.909. The fourth-order valence-electron chi connectivity index (χ4n) is 1.83. The van der Waals surface area contributed by atoms with Crippen molar-refractivity contribution >= 4 is 16.9 Å². The van der Waals surface area contributed by atoms with Gasteiger partial charge in [-0.3, -0.25) is 4.99 Å². The summed E-state index contributed by atoms with van der Waals surface area (Å²) in [5.74, 6) is 2.13. The average molecular weight is 212 g/mol. The van der Waals surface area contributed by atoms with Crippen molar-refractivity contribution in [1.82, 2.24) is 5.32 Å². The smallest absolute Gasteiger partial charge is 0.157 e. The van der Waals surface area contributed by atoms with Gasteiger partial charge in [0.2, 0.25) is 0 Å². The second-order valence-electron chi connectivity index (χ2n) is 5.07. The number of hydrogen-bond acceptors (Lipinski definition) is 2. The van der Waals surface area contributed by atoms with Crippen LogP contribution in [-0.4, -0.2) is 23.0 Å².